The van der Waals surface area contributed by atoms with E-state index in [1.807, 2.05) is 30.3 Å². The molecule has 0 spiro atoms. The number of amides is 1. The van der Waals surface area contributed by atoms with Gasteiger partial charge in [-0.05, 0) is 11.5 Å². The zero-order chi connectivity index (χ0) is 14.3. The van der Waals surface area contributed by atoms with E-state index in [2.05, 4.69) is 5.32 Å². The number of rotatable bonds is 7. The highest BCUT2D eigenvalue weighted by molar-refractivity contribution is 7.99. The summed E-state index contributed by atoms with van der Waals surface area (Å²) in [6.45, 7) is 3.55. The second kappa shape index (κ2) is 7.84. The molecule has 1 atom stereocenters. The molecule has 0 bridgehead atoms. The smallest absolute Gasteiger partial charge is 0.326 e. The molecule has 0 radical (unpaired) electrons. The third kappa shape index (κ3) is 5.79. The minimum atomic E-state index is -0.989. The zero-order valence-electron chi connectivity index (χ0n) is 11.1. The highest BCUT2D eigenvalue weighted by atomic mass is 32.2. The molecule has 0 aliphatic carbocycles. The fourth-order valence-electron chi connectivity index (χ4n) is 1.56. The summed E-state index contributed by atoms with van der Waals surface area (Å²) in [5.41, 5.74) is 1.15. The van der Waals surface area contributed by atoms with Gasteiger partial charge in [0.15, 0.2) is 0 Å². The van der Waals surface area contributed by atoms with E-state index in [-0.39, 0.29) is 17.6 Å². The number of nitrogens with one attached hydrogen (secondary N) is 1. The summed E-state index contributed by atoms with van der Waals surface area (Å²) < 4.78 is 0. The zero-order valence-corrected chi connectivity index (χ0v) is 11.9. The van der Waals surface area contributed by atoms with E-state index in [4.69, 9.17) is 5.11 Å². The fourth-order valence-corrected chi connectivity index (χ4v) is 2.36. The summed E-state index contributed by atoms with van der Waals surface area (Å²) in [6, 6.07) is 9.04. The molecule has 1 aromatic rings. The van der Waals surface area contributed by atoms with Gasteiger partial charge in [-0.2, -0.15) is 0 Å². The molecule has 2 N–H and O–H groups in total. The van der Waals surface area contributed by atoms with Crippen LogP contribution < -0.4 is 5.32 Å². The van der Waals surface area contributed by atoms with Crippen LogP contribution in [-0.4, -0.2) is 28.8 Å². The van der Waals surface area contributed by atoms with Gasteiger partial charge >= 0.3 is 5.97 Å². The molecule has 1 rings (SSSR count). The molecular weight excluding hydrogens is 262 g/mol. The lowest BCUT2D eigenvalue weighted by Crippen LogP contribution is -2.45. The van der Waals surface area contributed by atoms with Crippen molar-refractivity contribution in [3.8, 4) is 0 Å². The normalized spacial score (nSPS) is 12.2. The van der Waals surface area contributed by atoms with Crippen LogP contribution in [0.1, 0.15) is 19.4 Å². The summed E-state index contributed by atoms with van der Waals surface area (Å²) >= 11 is 1.47. The van der Waals surface area contributed by atoms with Crippen molar-refractivity contribution in [3.05, 3.63) is 35.9 Å². The third-order valence-electron chi connectivity index (χ3n) is 2.59. The van der Waals surface area contributed by atoms with Gasteiger partial charge in [-0.1, -0.05) is 44.2 Å². The van der Waals surface area contributed by atoms with Crippen LogP contribution >= 0.6 is 11.8 Å². The van der Waals surface area contributed by atoms with Crippen molar-refractivity contribution in [1.82, 2.24) is 5.32 Å². The molecule has 4 nitrogen and oxygen atoms in total. The Morgan fingerprint density at radius 2 is 1.89 bits per heavy atom. The molecule has 0 saturated carbocycles. The standard InChI is InChI=1S/C14H19NO3S/c1-10(2)13(14(17)18)15-12(16)9-19-8-11-6-4-3-5-7-11/h3-7,10,13H,8-9H2,1-2H3,(H,15,16)(H,17,18)/t13-/m1/s1. The van der Waals surface area contributed by atoms with E-state index in [1.54, 1.807) is 13.8 Å². The fraction of sp³-hybridized carbons (Fsp3) is 0.429. The number of carboxylic acid groups (broad SMARTS) is 1. The lowest BCUT2D eigenvalue weighted by atomic mass is 10.1. The molecule has 0 fully saturated rings. The van der Waals surface area contributed by atoms with Gasteiger partial charge in [-0.15, -0.1) is 11.8 Å². The molecular formula is C14H19NO3S. The van der Waals surface area contributed by atoms with E-state index in [0.717, 1.165) is 11.3 Å². The van der Waals surface area contributed by atoms with Crippen molar-refractivity contribution in [3.63, 3.8) is 0 Å². The largest absolute Gasteiger partial charge is 0.480 e. The van der Waals surface area contributed by atoms with Crippen molar-refractivity contribution in [2.75, 3.05) is 5.75 Å². The SMILES string of the molecule is CC(C)[C@@H](NC(=O)CSCc1ccccc1)C(=O)O. The number of carbonyl (C=O) groups is 2. The predicted octanol–water partition coefficient (Wildman–Crippen LogP) is 2.15. The lowest BCUT2D eigenvalue weighted by Gasteiger charge is -2.17. The van der Waals surface area contributed by atoms with Crippen molar-refractivity contribution in [2.45, 2.75) is 25.6 Å². The van der Waals surface area contributed by atoms with Crippen molar-refractivity contribution in [2.24, 2.45) is 5.92 Å². The maximum absolute atomic E-state index is 11.7. The van der Waals surface area contributed by atoms with Crippen LogP contribution in [0, 0.1) is 5.92 Å². The van der Waals surface area contributed by atoms with Crippen LogP contribution in [0.15, 0.2) is 30.3 Å². The van der Waals surface area contributed by atoms with E-state index in [9.17, 15) is 9.59 Å². The van der Waals surface area contributed by atoms with Gasteiger partial charge in [0, 0.05) is 5.75 Å². The van der Waals surface area contributed by atoms with Gasteiger partial charge in [0.2, 0.25) is 5.91 Å². The van der Waals surface area contributed by atoms with Gasteiger partial charge < -0.3 is 10.4 Å². The minimum absolute atomic E-state index is 0.124. The van der Waals surface area contributed by atoms with Crippen LogP contribution in [-0.2, 0) is 15.3 Å². The van der Waals surface area contributed by atoms with E-state index in [1.165, 1.54) is 11.8 Å². The highest BCUT2D eigenvalue weighted by Gasteiger charge is 2.22. The van der Waals surface area contributed by atoms with Gasteiger partial charge in [0.05, 0.1) is 5.75 Å². The van der Waals surface area contributed by atoms with Gasteiger partial charge in [0.1, 0.15) is 6.04 Å². The number of aliphatic carboxylic acids is 1. The maximum Gasteiger partial charge on any atom is 0.326 e. The van der Waals surface area contributed by atoms with E-state index in [0.29, 0.717) is 0 Å². The summed E-state index contributed by atoms with van der Waals surface area (Å²) in [4.78, 5) is 22.6. The third-order valence-corrected chi connectivity index (χ3v) is 3.60. The van der Waals surface area contributed by atoms with E-state index < -0.39 is 12.0 Å². The topological polar surface area (TPSA) is 66.4 Å². The molecule has 19 heavy (non-hydrogen) atoms. The molecule has 0 aromatic heterocycles. The van der Waals surface area contributed by atoms with Gasteiger partial charge in [-0.25, -0.2) is 4.79 Å². The summed E-state index contributed by atoms with van der Waals surface area (Å²) in [6.07, 6.45) is 0. The molecule has 0 heterocycles. The van der Waals surface area contributed by atoms with Crippen LogP contribution in [0.2, 0.25) is 0 Å². The first kappa shape index (κ1) is 15.6. The Kier molecular flexibility index (Phi) is 6.42. The average Bonchev–Trinajstić information content (AvgIpc) is 2.36. The van der Waals surface area contributed by atoms with Crippen LogP contribution in [0.5, 0.6) is 0 Å². The predicted molar refractivity (Wildman–Crippen MR) is 77.0 cm³/mol. The molecule has 5 heteroatoms. The Bertz CT molecular complexity index is 420. The van der Waals surface area contributed by atoms with Crippen molar-refractivity contribution >= 4 is 23.6 Å². The summed E-state index contributed by atoms with van der Waals surface area (Å²) in [5.74, 6) is -0.335. The quantitative estimate of drug-likeness (QED) is 0.803. The Morgan fingerprint density at radius 1 is 1.26 bits per heavy atom. The number of carbonyl (C=O) groups excluding carboxylic acids is 1. The number of hydrogen-bond acceptors (Lipinski definition) is 3. The minimum Gasteiger partial charge on any atom is -0.480 e. The van der Waals surface area contributed by atoms with Crippen LogP contribution in [0.4, 0.5) is 0 Å². The van der Waals surface area contributed by atoms with Gasteiger partial charge in [0.25, 0.3) is 0 Å². The molecule has 0 aliphatic heterocycles. The highest BCUT2D eigenvalue weighted by Crippen LogP contribution is 2.11. The summed E-state index contributed by atoms with van der Waals surface area (Å²) in [5, 5.41) is 11.5. The number of carboxylic acids is 1. The second-order valence-corrected chi connectivity index (χ2v) is 5.59. The monoisotopic (exact) mass is 281 g/mol. The Labute approximate surface area is 117 Å². The van der Waals surface area contributed by atoms with Crippen LogP contribution in [0.3, 0.4) is 0 Å². The van der Waals surface area contributed by atoms with Crippen molar-refractivity contribution < 1.29 is 14.7 Å². The molecule has 1 aromatic carbocycles. The molecule has 0 unspecified atom stereocenters. The number of hydrogen-bond donors (Lipinski definition) is 2. The van der Waals surface area contributed by atoms with E-state index >= 15 is 0 Å². The maximum atomic E-state index is 11.7. The van der Waals surface area contributed by atoms with Crippen LogP contribution in [0.25, 0.3) is 0 Å². The first-order chi connectivity index (χ1) is 9.00. The number of benzene rings is 1. The Hall–Kier alpha value is -1.49. The number of thioether (sulfide) groups is 1. The first-order valence-electron chi connectivity index (χ1n) is 6.14. The summed E-state index contributed by atoms with van der Waals surface area (Å²) in [7, 11) is 0. The van der Waals surface area contributed by atoms with Crippen molar-refractivity contribution in [1.29, 1.82) is 0 Å². The Balaban J connectivity index is 2.33. The molecule has 104 valence electrons. The molecule has 0 aliphatic rings. The average molecular weight is 281 g/mol. The second-order valence-electron chi connectivity index (χ2n) is 4.61. The first-order valence-corrected chi connectivity index (χ1v) is 7.30. The molecule has 1 amide bonds. The lowest BCUT2D eigenvalue weighted by molar-refractivity contribution is -0.142. The molecule has 0 saturated heterocycles. The Morgan fingerprint density at radius 3 is 2.42 bits per heavy atom. The van der Waals surface area contributed by atoms with Gasteiger partial charge in [-0.3, -0.25) is 4.79 Å².